The number of carbonyl (C=O) groups excluding carboxylic acids is 2. The molecule has 7 heteroatoms. The summed E-state index contributed by atoms with van der Waals surface area (Å²) in [7, 11) is 0. The molecule has 1 saturated heterocycles. The van der Waals surface area contributed by atoms with Gasteiger partial charge in [-0.3, -0.25) is 9.59 Å². The van der Waals surface area contributed by atoms with E-state index in [2.05, 4.69) is 0 Å². The molecule has 2 aliphatic rings. The second kappa shape index (κ2) is 8.22. The Labute approximate surface area is 179 Å². The number of anilines is 1. The number of benzene rings is 2. The lowest BCUT2D eigenvalue weighted by Gasteiger charge is -2.29. The number of carbonyl (C=O) groups is 2. The van der Waals surface area contributed by atoms with Crippen molar-refractivity contribution >= 4 is 40.9 Å². The van der Waals surface area contributed by atoms with Gasteiger partial charge in [-0.2, -0.15) is 0 Å². The number of nitrogens with zero attached hydrogens (tertiary/aromatic N) is 2. The fourth-order valence-corrected chi connectivity index (χ4v) is 4.51. The number of aryl methyl sites for hydroxylation is 2. The lowest BCUT2D eigenvalue weighted by atomic mass is 10.2. The van der Waals surface area contributed by atoms with Crippen molar-refractivity contribution in [1.82, 2.24) is 4.90 Å². The van der Waals surface area contributed by atoms with Gasteiger partial charge in [0.05, 0.1) is 18.9 Å². The van der Waals surface area contributed by atoms with Gasteiger partial charge < -0.3 is 9.64 Å². The standard InChI is InChI=1S/C22H21ClN2O3S/c1-14-3-7-17(8-4-14)29-20-19(24-9-11-28-12-10-24)21(26)25(22(20)27)16-6-5-15(2)18(23)13-16/h3-8,13H,9-12H2,1-2H3. The van der Waals surface area contributed by atoms with Gasteiger partial charge in [0.25, 0.3) is 11.8 Å². The smallest absolute Gasteiger partial charge is 0.283 e. The lowest BCUT2D eigenvalue weighted by molar-refractivity contribution is -0.121. The third kappa shape index (κ3) is 3.92. The predicted octanol–water partition coefficient (Wildman–Crippen LogP) is 4.17. The summed E-state index contributed by atoms with van der Waals surface area (Å²) in [5.74, 6) is -0.631. The molecule has 29 heavy (non-hydrogen) atoms. The van der Waals surface area contributed by atoms with Crippen molar-refractivity contribution in [2.45, 2.75) is 18.7 Å². The molecule has 5 nitrogen and oxygen atoms in total. The summed E-state index contributed by atoms with van der Waals surface area (Å²) in [6, 6.07) is 13.2. The van der Waals surface area contributed by atoms with Crippen LogP contribution in [0.2, 0.25) is 5.02 Å². The molecule has 150 valence electrons. The minimum Gasteiger partial charge on any atom is -0.378 e. The Morgan fingerprint density at radius 1 is 0.966 bits per heavy atom. The van der Waals surface area contributed by atoms with E-state index in [0.717, 1.165) is 16.0 Å². The predicted molar refractivity (Wildman–Crippen MR) is 115 cm³/mol. The summed E-state index contributed by atoms with van der Waals surface area (Å²) in [6.07, 6.45) is 0. The quantitative estimate of drug-likeness (QED) is 0.684. The van der Waals surface area contributed by atoms with Crippen LogP contribution in [0.3, 0.4) is 0 Å². The fourth-order valence-electron chi connectivity index (χ4n) is 3.34. The molecule has 2 aromatic carbocycles. The van der Waals surface area contributed by atoms with Gasteiger partial charge in [-0.25, -0.2) is 4.90 Å². The molecule has 0 aliphatic carbocycles. The zero-order valence-corrected chi connectivity index (χ0v) is 17.8. The van der Waals surface area contributed by atoms with E-state index in [1.807, 2.05) is 49.1 Å². The highest BCUT2D eigenvalue weighted by Crippen LogP contribution is 2.39. The highest BCUT2D eigenvalue weighted by Gasteiger charge is 2.42. The van der Waals surface area contributed by atoms with Crippen LogP contribution < -0.4 is 4.90 Å². The zero-order valence-electron chi connectivity index (χ0n) is 16.3. The molecule has 0 saturated carbocycles. The van der Waals surface area contributed by atoms with Crippen molar-refractivity contribution in [2.24, 2.45) is 0 Å². The molecule has 2 aliphatic heterocycles. The SMILES string of the molecule is Cc1ccc(SC2=C(N3CCOCC3)C(=O)N(c3ccc(C)c(Cl)c3)C2=O)cc1. The molecular formula is C22H21ClN2O3S. The van der Waals surface area contributed by atoms with Crippen molar-refractivity contribution < 1.29 is 14.3 Å². The summed E-state index contributed by atoms with van der Waals surface area (Å²) in [6.45, 7) is 6.12. The summed E-state index contributed by atoms with van der Waals surface area (Å²) in [5, 5.41) is 0.524. The van der Waals surface area contributed by atoms with E-state index in [0.29, 0.717) is 47.6 Å². The number of amides is 2. The topological polar surface area (TPSA) is 49.9 Å². The number of imide groups is 1. The monoisotopic (exact) mass is 428 g/mol. The molecule has 0 bridgehead atoms. The Hall–Kier alpha value is -2.28. The largest absolute Gasteiger partial charge is 0.378 e. The molecule has 1 fully saturated rings. The van der Waals surface area contributed by atoms with Gasteiger partial charge in [0, 0.05) is 23.0 Å². The molecule has 0 N–H and O–H groups in total. The van der Waals surface area contributed by atoms with Crippen LogP contribution in [0.5, 0.6) is 0 Å². The van der Waals surface area contributed by atoms with Gasteiger partial charge in [0.2, 0.25) is 0 Å². The van der Waals surface area contributed by atoms with Crippen LogP contribution in [0.15, 0.2) is 58.0 Å². The maximum absolute atomic E-state index is 13.4. The third-order valence-electron chi connectivity index (χ3n) is 5.00. The summed E-state index contributed by atoms with van der Waals surface area (Å²) in [5.41, 5.74) is 2.97. The number of hydrogen-bond donors (Lipinski definition) is 0. The maximum Gasteiger partial charge on any atom is 0.283 e. The van der Waals surface area contributed by atoms with E-state index < -0.39 is 0 Å². The normalized spacial score (nSPS) is 17.5. The number of rotatable bonds is 4. The summed E-state index contributed by atoms with van der Waals surface area (Å²) in [4.78, 5) is 31.3. The minimum absolute atomic E-state index is 0.313. The van der Waals surface area contributed by atoms with Crippen LogP contribution >= 0.6 is 23.4 Å². The second-order valence-electron chi connectivity index (χ2n) is 7.07. The molecule has 2 amide bonds. The van der Waals surface area contributed by atoms with E-state index in [1.165, 1.54) is 16.7 Å². The molecule has 0 atom stereocenters. The van der Waals surface area contributed by atoms with Crippen molar-refractivity contribution in [2.75, 3.05) is 31.2 Å². The second-order valence-corrected chi connectivity index (χ2v) is 8.56. The van der Waals surface area contributed by atoms with E-state index in [-0.39, 0.29) is 11.8 Å². The number of morpholine rings is 1. The van der Waals surface area contributed by atoms with Crippen molar-refractivity contribution in [3.8, 4) is 0 Å². The Morgan fingerprint density at radius 3 is 2.31 bits per heavy atom. The highest BCUT2D eigenvalue weighted by atomic mass is 35.5. The van der Waals surface area contributed by atoms with Crippen LogP contribution in [0.25, 0.3) is 0 Å². The Balaban J connectivity index is 1.74. The van der Waals surface area contributed by atoms with Crippen LogP contribution in [0, 0.1) is 13.8 Å². The minimum atomic E-state index is -0.318. The maximum atomic E-state index is 13.4. The van der Waals surface area contributed by atoms with Crippen LogP contribution in [-0.2, 0) is 14.3 Å². The average Bonchev–Trinajstić information content (AvgIpc) is 2.96. The van der Waals surface area contributed by atoms with Gasteiger partial charge in [0.15, 0.2) is 0 Å². The first kappa shape index (κ1) is 20.0. The number of thioether (sulfide) groups is 1. The number of halogens is 1. The molecule has 0 unspecified atom stereocenters. The fraction of sp³-hybridized carbons (Fsp3) is 0.273. The highest BCUT2D eigenvalue weighted by molar-refractivity contribution is 8.04. The van der Waals surface area contributed by atoms with Gasteiger partial charge >= 0.3 is 0 Å². The van der Waals surface area contributed by atoms with E-state index in [1.54, 1.807) is 12.1 Å². The van der Waals surface area contributed by atoms with Gasteiger partial charge in [-0.05, 0) is 43.7 Å². The first-order chi connectivity index (χ1) is 14.0. The molecule has 0 spiro atoms. The van der Waals surface area contributed by atoms with E-state index in [4.69, 9.17) is 16.3 Å². The lowest BCUT2D eigenvalue weighted by Crippen LogP contribution is -2.40. The van der Waals surface area contributed by atoms with Crippen LogP contribution in [0.4, 0.5) is 5.69 Å². The molecule has 0 radical (unpaired) electrons. The zero-order chi connectivity index (χ0) is 20.5. The van der Waals surface area contributed by atoms with Crippen molar-refractivity contribution in [3.63, 3.8) is 0 Å². The Morgan fingerprint density at radius 2 is 1.66 bits per heavy atom. The van der Waals surface area contributed by atoms with Crippen LogP contribution in [-0.4, -0.2) is 43.0 Å². The molecule has 2 heterocycles. The van der Waals surface area contributed by atoms with Crippen molar-refractivity contribution in [3.05, 3.63) is 69.2 Å². The van der Waals surface area contributed by atoms with Crippen LogP contribution in [0.1, 0.15) is 11.1 Å². The molecular weight excluding hydrogens is 408 g/mol. The van der Waals surface area contributed by atoms with Gasteiger partial charge in [-0.1, -0.05) is 47.1 Å². The van der Waals surface area contributed by atoms with E-state index >= 15 is 0 Å². The first-order valence-corrected chi connectivity index (χ1v) is 10.6. The third-order valence-corrected chi connectivity index (χ3v) is 6.49. The molecule has 2 aromatic rings. The Kier molecular flexibility index (Phi) is 5.67. The van der Waals surface area contributed by atoms with Gasteiger partial charge in [0.1, 0.15) is 10.6 Å². The average molecular weight is 429 g/mol. The summed E-state index contributed by atoms with van der Waals surface area (Å²) < 4.78 is 5.43. The molecule has 0 aromatic heterocycles. The first-order valence-electron chi connectivity index (χ1n) is 9.42. The number of hydrogen-bond acceptors (Lipinski definition) is 5. The Bertz CT molecular complexity index is 998. The van der Waals surface area contributed by atoms with Crippen molar-refractivity contribution in [1.29, 1.82) is 0 Å². The molecule has 4 rings (SSSR count). The van der Waals surface area contributed by atoms with Gasteiger partial charge in [-0.15, -0.1) is 0 Å². The number of ether oxygens (including phenoxy) is 1. The van der Waals surface area contributed by atoms with E-state index in [9.17, 15) is 9.59 Å². The summed E-state index contributed by atoms with van der Waals surface area (Å²) >= 11 is 7.59.